The Labute approximate surface area is 131 Å². The molecule has 2 aromatic heterocycles. The number of nitrogens with one attached hydrogen (secondary N) is 1. The first kappa shape index (κ1) is 15.1. The first-order chi connectivity index (χ1) is 10.7. The van der Waals surface area contributed by atoms with E-state index in [9.17, 15) is 0 Å². The van der Waals surface area contributed by atoms with Gasteiger partial charge in [-0.15, -0.1) is 0 Å². The molecule has 0 aromatic carbocycles. The molecule has 3 heterocycles. The molecular formula is C16H24N4O2. The normalized spacial score (nSPS) is 17.0. The molecule has 3 rings (SSSR count). The maximum atomic E-state index is 5.46. The van der Waals surface area contributed by atoms with Gasteiger partial charge in [-0.3, -0.25) is 4.68 Å². The van der Waals surface area contributed by atoms with Crippen molar-refractivity contribution in [1.82, 2.24) is 15.1 Å². The van der Waals surface area contributed by atoms with Crippen LogP contribution in [0.25, 0.3) is 0 Å². The van der Waals surface area contributed by atoms with Gasteiger partial charge in [-0.05, 0) is 26.0 Å². The van der Waals surface area contributed by atoms with E-state index in [4.69, 9.17) is 9.15 Å². The number of aromatic nitrogens is 2. The smallest absolute Gasteiger partial charge is 0.131 e. The molecule has 22 heavy (non-hydrogen) atoms. The van der Waals surface area contributed by atoms with E-state index in [0.29, 0.717) is 0 Å². The van der Waals surface area contributed by atoms with Gasteiger partial charge < -0.3 is 19.4 Å². The van der Waals surface area contributed by atoms with Gasteiger partial charge in [0.1, 0.15) is 11.6 Å². The number of rotatable bonds is 5. The molecule has 1 fully saturated rings. The van der Waals surface area contributed by atoms with Crippen molar-refractivity contribution in [2.75, 3.05) is 31.2 Å². The summed E-state index contributed by atoms with van der Waals surface area (Å²) >= 11 is 0. The van der Waals surface area contributed by atoms with Gasteiger partial charge in [0, 0.05) is 32.2 Å². The lowest BCUT2D eigenvalue weighted by Crippen LogP contribution is -2.38. The van der Waals surface area contributed by atoms with Gasteiger partial charge >= 0.3 is 0 Å². The Balaban J connectivity index is 1.75. The van der Waals surface area contributed by atoms with Crippen LogP contribution < -0.4 is 10.2 Å². The van der Waals surface area contributed by atoms with Crippen LogP contribution in [0.4, 0.5) is 5.82 Å². The third-order valence-corrected chi connectivity index (χ3v) is 4.18. The van der Waals surface area contributed by atoms with Crippen molar-refractivity contribution in [2.24, 2.45) is 7.05 Å². The summed E-state index contributed by atoms with van der Waals surface area (Å²) in [6.07, 6.45) is 1.71. The van der Waals surface area contributed by atoms with Crippen molar-refractivity contribution in [3.05, 3.63) is 35.4 Å². The molecule has 1 aliphatic rings. The number of aryl methyl sites for hydroxylation is 2. The monoisotopic (exact) mass is 304 g/mol. The van der Waals surface area contributed by atoms with Crippen molar-refractivity contribution in [2.45, 2.75) is 26.4 Å². The molecule has 0 saturated carbocycles. The molecule has 0 spiro atoms. The van der Waals surface area contributed by atoms with Gasteiger partial charge in [0.05, 0.1) is 31.2 Å². The van der Waals surface area contributed by atoms with Crippen LogP contribution in [0.1, 0.15) is 30.0 Å². The predicted octanol–water partition coefficient (Wildman–Crippen LogP) is 2.01. The third kappa shape index (κ3) is 3.03. The molecule has 2 aromatic rings. The summed E-state index contributed by atoms with van der Waals surface area (Å²) in [6, 6.07) is 4.09. The summed E-state index contributed by atoms with van der Waals surface area (Å²) in [5.41, 5.74) is 2.32. The van der Waals surface area contributed by atoms with Gasteiger partial charge in [0.2, 0.25) is 0 Å². The number of nitrogens with zero attached hydrogens (tertiary/aromatic N) is 3. The van der Waals surface area contributed by atoms with Crippen molar-refractivity contribution in [1.29, 1.82) is 0 Å². The molecule has 0 aliphatic carbocycles. The van der Waals surface area contributed by atoms with Gasteiger partial charge in [-0.1, -0.05) is 0 Å². The van der Waals surface area contributed by atoms with Crippen LogP contribution in [0.5, 0.6) is 0 Å². The Kier molecular flexibility index (Phi) is 4.49. The van der Waals surface area contributed by atoms with E-state index in [-0.39, 0.29) is 6.04 Å². The fraction of sp³-hybridized carbons (Fsp3) is 0.562. The Hall–Kier alpha value is -1.79. The summed E-state index contributed by atoms with van der Waals surface area (Å²) in [4.78, 5) is 2.36. The molecule has 1 saturated heterocycles. The lowest BCUT2D eigenvalue weighted by atomic mass is 10.2. The van der Waals surface area contributed by atoms with Gasteiger partial charge in [0.25, 0.3) is 0 Å². The van der Waals surface area contributed by atoms with E-state index in [1.807, 2.05) is 23.9 Å². The number of morpholine rings is 1. The van der Waals surface area contributed by atoms with Crippen LogP contribution >= 0.6 is 0 Å². The molecule has 120 valence electrons. The average molecular weight is 304 g/mol. The van der Waals surface area contributed by atoms with Crippen molar-refractivity contribution < 1.29 is 9.15 Å². The summed E-state index contributed by atoms with van der Waals surface area (Å²) in [6.45, 7) is 8.34. The standard InChI is InChI=1S/C16H24N4O2/c1-12-14(11-17-13(2)15-5-4-8-22-15)16(19(3)18-12)20-6-9-21-10-7-20/h4-5,8,13,17H,6-7,9-11H2,1-3H3/t13-/m1/s1. The Morgan fingerprint density at radius 3 is 2.82 bits per heavy atom. The van der Waals surface area contributed by atoms with E-state index >= 15 is 0 Å². The molecule has 6 heteroatoms. The van der Waals surface area contributed by atoms with Crippen LogP contribution in [0.15, 0.2) is 22.8 Å². The SMILES string of the molecule is Cc1nn(C)c(N2CCOCC2)c1CN[C@H](C)c1ccco1. The maximum Gasteiger partial charge on any atom is 0.131 e. The third-order valence-electron chi connectivity index (χ3n) is 4.18. The lowest BCUT2D eigenvalue weighted by molar-refractivity contribution is 0.122. The molecule has 0 amide bonds. The van der Waals surface area contributed by atoms with Crippen LogP contribution in [-0.2, 0) is 18.3 Å². The summed E-state index contributed by atoms with van der Waals surface area (Å²) in [5.74, 6) is 2.15. The van der Waals surface area contributed by atoms with Crippen molar-refractivity contribution in [3.8, 4) is 0 Å². The quantitative estimate of drug-likeness (QED) is 0.916. The largest absolute Gasteiger partial charge is 0.468 e. The molecule has 0 bridgehead atoms. The van der Waals surface area contributed by atoms with E-state index in [1.54, 1.807) is 6.26 Å². The zero-order valence-electron chi connectivity index (χ0n) is 13.5. The highest BCUT2D eigenvalue weighted by molar-refractivity contribution is 5.50. The van der Waals surface area contributed by atoms with Crippen molar-refractivity contribution >= 4 is 5.82 Å². The van der Waals surface area contributed by atoms with E-state index in [2.05, 4.69) is 29.2 Å². The van der Waals surface area contributed by atoms with E-state index in [1.165, 1.54) is 11.4 Å². The number of hydrogen-bond acceptors (Lipinski definition) is 5. The van der Waals surface area contributed by atoms with Crippen LogP contribution in [0.2, 0.25) is 0 Å². The second kappa shape index (κ2) is 6.54. The molecule has 0 unspecified atom stereocenters. The lowest BCUT2D eigenvalue weighted by Gasteiger charge is -2.29. The minimum atomic E-state index is 0.173. The topological polar surface area (TPSA) is 55.5 Å². The number of hydrogen-bond donors (Lipinski definition) is 1. The molecule has 1 N–H and O–H groups in total. The fourth-order valence-electron chi connectivity index (χ4n) is 2.96. The Morgan fingerprint density at radius 2 is 2.14 bits per heavy atom. The number of furan rings is 1. The maximum absolute atomic E-state index is 5.46. The fourth-order valence-corrected chi connectivity index (χ4v) is 2.96. The first-order valence-corrected chi connectivity index (χ1v) is 7.78. The molecule has 1 atom stereocenters. The number of anilines is 1. The Morgan fingerprint density at radius 1 is 1.36 bits per heavy atom. The Bertz CT molecular complexity index is 600. The van der Waals surface area contributed by atoms with Crippen LogP contribution in [0, 0.1) is 6.92 Å². The molecule has 0 radical (unpaired) electrons. The highest BCUT2D eigenvalue weighted by Crippen LogP contribution is 2.25. The van der Waals surface area contributed by atoms with Crippen LogP contribution in [0.3, 0.4) is 0 Å². The average Bonchev–Trinajstić information content (AvgIpc) is 3.14. The minimum absolute atomic E-state index is 0.173. The molecular weight excluding hydrogens is 280 g/mol. The van der Waals surface area contributed by atoms with Gasteiger partial charge in [-0.25, -0.2) is 0 Å². The van der Waals surface area contributed by atoms with E-state index in [0.717, 1.165) is 44.3 Å². The second-order valence-corrected chi connectivity index (χ2v) is 5.73. The summed E-state index contributed by atoms with van der Waals surface area (Å²) in [5, 5.41) is 8.13. The van der Waals surface area contributed by atoms with Gasteiger partial charge in [0.15, 0.2) is 0 Å². The summed E-state index contributed by atoms with van der Waals surface area (Å²) < 4.78 is 12.9. The number of ether oxygens (including phenoxy) is 1. The molecule has 1 aliphatic heterocycles. The summed E-state index contributed by atoms with van der Waals surface area (Å²) in [7, 11) is 2.01. The first-order valence-electron chi connectivity index (χ1n) is 7.78. The van der Waals surface area contributed by atoms with E-state index < -0.39 is 0 Å². The van der Waals surface area contributed by atoms with Crippen LogP contribution in [-0.4, -0.2) is 36.1 Å². The highest BCUT2D eigenvalue weighted by atomic mass is 16.5. The second-order valence-electron chi connectivity index (χ2n) is 5.73. The zero-order valence-corrected chi connectivity index (χ0v) is 13.5. The molecule has 6 nitrogen and oxygen atoms in total. The minimum Gasteiger partial charge on any atom is -0.468 e. The zero-order chi connectivity index (χ0) is 15.5. The predicted molar refractivity (Wildman–Crippen MR) is 84.9 cm³/mol. The van der Waals surface area contributed by atoms with Gasteiger partial charge in [-0.2, -0.15) is 5.10 Å². The van der Waals surface area contributed by atoms with Crippen molar-refractivity contribution in [3.63, 3.8) is 0 Å². The highest BCUT2D eigenvalue weighted by Gasteiger charge is 2.21.